The standard InChI is InChI=1S/C27H30O4/c1-25-14-13-20-19(12-11-18-9-6-10-23(29)26(18,20)2)22(25)15-21(17-7-4-3-5-8-17)27(25,31)24(30)16-28/h3-10,13,19,21-22,28,31H,11-12,14-16H2,1-2H3/t19?,21-,22?,25-,26-,27-/m0/s1. The number of allylic oxidation sites excluding steroid dienone is 6. The van der Waals surface area contributed by atoms with Gasteiger partial charge in [0, 0.05) is 11.3 Å². The summed E-state index contributed by atoms with van der Waals surface area (Å²) in [6.45, 7) is 3.38. The van der Waals surface area contributed by atoms with Gasteiger partial charge >= 0.3 is 0 Å². The summed E-state index contributed by atoms with van der Waals surface area (Å²) >= 11 is 0. The number of ketones is 2. The monoisotopic (exact) mass is 418 g/mol. The van der Waals surface area contributed by atoms with Crippen LogP contribution in [0.15, 0.2) is 65.8 Å². The highest BCUT2D eigenvalue weighted by atomic mass is 16.3. The third-order valence-electron chi connectivity index (χ3n) is 9.07. The van der Waals surface area contributed by atoms with Crippen molar-refractivity contribution in [1.29, 1.82) is 0 Å². The summed E-state index contributed by atoms with van der Waals surface area (Å²) in [6.07, 6.45) is 10.7. The van der Waals surface area contributed by atoms with Gasteiger partial charge in [-0.05, 0) is 56.1 Å². The molecule has 2 saturated carbocycles. The fourth-order valence-corrected chi connectivity index (χ4v) is 7.31. The molecule has 4 aliphatic carbocycles. The Morgan fingerprint density at radius 1 is 1.19 bits per heavy atom. The molecule has 4 nitrogen and oxygen atoms in total. The highest BCUT2D eigenvalue weighted by molar-refractivity contribution is 6.01. The van der Waals surface area contributed by atoms with Crippen molar-refractivity contribution < 1.29 is 19.8 Å². The SMILES string of the molecule is C[C@]12C(=O)C=CC=C1CCC1C2=CC[C@@]2(C)C1C[C@@H](c1ccccc1)[C@]2(O)C(=O)CO. The van der Waals surface area contributed by atoms with E-state index in [4.69, 9.17) is 0 Å². The number of hydrogen-bond donors (Lipinski definition) is 2. The predicted molar refractivity (Wildman–Crippen MR) is 118 cm³/mol. The van der Waals surface area contributed by atoms with Gasteiger partial charge in [-0.2, -0.15) is 0 Å². The molecule has 0 saturated heterocycles. The highest BCUT2D eigenvalue weighted by Gasteiger charge is 2.68. The lowest BCUT2D eigenvalue weighted by Crippen LogP contribution is -2.57. The van der Waals surface area contributed by atoms with Gasteiger partial charge in [0.1, 0.15) is 12.2 Å². The first kappa shape index (κ1) is 20.6. The van der Waals surface area contributed by atoms with Crippen LogP contribution < -0.4 is 0 Å². The van der Waals surface area contributed by atoms with Crippen molar-refractivity contribution in [2.75, 3.05) is 6.61 Å². The Hall–Kier alpha value is -2.30. The quantitative estimate of drug-likeness (QED) is 0.730. The van der Waals surface area contributed by atoms with Gasteiger partial charge in [-0.3, -0.25) is 9.59 Å². The zero-order valence-electron chi connectivity index (χ0n) is 18.2. The van der Waals surface area contributed by atoms with E-state index in [2.05, 4.69) is 12.2 Å². The molecule has 2 unspecified atom stereocenters. The molecule has 0 radical (unpaired) electrons. The Morgan fingerprint density at radius 2 is 1.94 bits per heavy atom. The third kappa shape index (κ3) is 2.49. The molecule has 2 fully saturated rings. The van der Waals surface area contributed by atoms with Crippen LogP contribution in [0.25, 0.3) is 0 Å². The first-order chi connectivity index (χ1) is 14.8. The number of hydrogen-bond acceptors (Lipinski definition) is 4. The fraction of sp³-hybridized carbons (Fsp3) is 0.481. The van der Waals surface area contributed by atoms with Crippen LogP contribution in [0.3, 0.4) is 0 Å². The molecular weight excluding hydrogens is 388 g/mol. The van der Waals surface area contributed by atoms with E-state index in [0.717, 1.165) is 24.0 Å². The number of aliphatic hydroxyl groups excluding tert-OH is 1. The molecule has 0 spiro atoms. The molecule has 0 bridgehead atoms. The van der Waals surface area contributed by atoms with E-state index in [1.165, 1.54) is 5.57 Å². The molecule has 0 amide bonds. The lowest BCUT2D eigenvalue weighted by atomic mass is 9.50. The maximum absolute atomic E-state index is 13.1. The van der Waals surface area contributed by atoms with Crippen molar-refractivity contribution in [2.24, 2.45) is 22.7 Å². The molecule has 162 valence electrons. The van der Waals surface area contributed by atoms with Crippen LogP contribution in [0, 0.1) is 22.7 Å². The van der Waals surface area contributed by atoms with Crippen LogP contribution in [0.5, 0.6) is 0 Å². The molecule has 6 atom stereocenters. The Kier molecular flexibility index (Phi) is 4.55. The molecule has 4 aliphatic rings. The van der Waals surface area contributed by atoms with Crippen molar-refractivity contribution in [1.82, 2.24) is 0 Å². The van der Waals surface area contributed by atoms with Gasteiger partial charge in [0.05, 0.1) is 5.41 Å². The number of benzene rings is 1. The number of aliphatic hydroxyl groups is 2. The van der Waals surface area contributed by atoms with Gasteiger partial charge in [0.2, 0.25) is 0 Å². The first-order valence-electron chi connectivity index (χ1n) is 11.3. The van der Waals surface area contributed by atoms with Crippen molar-refractivity contribution in [3.05, 3.63) is 71.3 Å². The lowest BCUT2D eigenvalue weighted by Gasteiger charge is -2.53. The Morgan fingerprint density at radius 3 is 2.65 bits per heavy atom. The summed E-state index contributed by atoms with van der Waals surface area (Å²) in [6, 6.07) is 9.72. The van der Waals surface area contributed by atoms with Crippen LogP contribution in [0.2, 0.25) is 0 Å². The molecular formula is C27H30O4. The van der Waals surface area contributed by atoms with Crippen molar-refractivity contribution >= 4 is 11.6 Å². The Bertz CT molecular complexity index is 1030. The molecule has 0 aliphatic heterocycles. The summed E-state index contributed by atoms with van der Waals surface area (Å²) < 4.78 is 0. The molecule has 4 heteroatoms. The molecule has 0 aromatic heterocycles. The van der Waals surface area contributed by atoms with E-state index in [1.54, 1.807) is 6.08 Å². The van der Waals surface area contributed by atoms with Crippen molar-refractivity contribution in [3.8, 4) is 0 Å². The topological polar surface area (TPSA) is 74.6 Å². The van der Waals surface area contributed by atoms with E-state index >= 15 is 0 Å². The summed E-state index contributed by atoms with van der Waals surface area (Å²) in [5, 5.41) is 21.8. The molecule has 2 N–H and O–H groups in total. The summed E-state index contributed by atoms with van der Waals surface area (Å²) in [4.78, 5) is 26.1. The second-order valence-electron chi connectivity index (χ2n) is 10.1. The minimum Gasteiger partial charge on any atom is -0.388 e. The zero-order valence-corrected chi connectivity index (χ0v) is 18.2. The van der Waals surface area contributed by atoms with Gasteiger partial charge in [-0.25, -0.2) is 0 Å². The van der Waals surface area contributed by atoms with Gasteiger partial charge in [0.25, 0.3) is 0 Å². The van der Waals surface area contributed by atoms with Gasteiger partial charge in [-0.1, -0.05) is 66.6 Å². The van der Waals surface area contributed by atoms with Crippen molar-refractivity contribution in [3.63, 3.8) is 0 Å². The van der Waals surface area contributed by atoms with E-state index in [1.807, 2.05) is 50.3 Å². The van der Waals surface area contributed by atoms with E-state index in [9.17, 15) is 19.8 Å². The van der Waals surface area contributed by atoms with Crippen LogP contribution in [0.1, 0.15) is 51.0 Å². The normalized spacial score (nSPS) is 41.0. The second-order valence-corrected chi connectivity index (χ2v) is 10.1. The lowest BCUT2D eigenvalue weighted by molar-refractivity contribution is -0.158. The number of carbonyl (C=O) groups excluding carboxylic acids is 2. The highest BCUT2D eigenvalue weighted by Crippen LogP contribution is 2.68. The zero-order chi connectivity index (χ0) is 22.0. The van der Waals surface area contributed by atoms with Gasteiger partial charge < -0.3 is 10.2 Å². The number of carbonyl (C=O) groups is 2. The molecule has 5 rings (SSSR count). The number of rotatable bonds is 3. The summed E-state index contributed by atoms with van der Waals surface area (Å²) in [7, 11) is 0. The molecule has 31 heavy (non-hydrogen) atoms. The van der Waals surface area contributed by atoms with Crippen LogP contribution >= 0.6 is 0 Å². The Labute approximate surface area is 183 Å². The van der Waals surface area contributed by atoms with Crippen molar-refractivity contribution in [2.45, 2.75) is 51.0 Å². The second kappa shape index (κ2) is 6.85. The van der Waals surface area contributed by atoms with Crippen LogP contribution in [0.4, 0.5) is 0 Å². The average Bonchev–Trinajstić information content (AvgIpc) is 3.03. The summed E-state index contributed by atoms with van der Waals surface area (Å²) in [5.74, 6) is -0.535. The van der Waals surface area contributed by atoms with Crippen LogP contribution in [-0.4, -0.2) is 34.0 Å². The predicted octanol–water partition coefficient (Wildman–Crippen LogP) is 3.90. The summed E-state index contributed by atoms with van der Waals surface area (Å²) in [5.41, 5.74) is 0.335. The van der Waals surface area contributed by atoms with Gasteiger partial charge in [0.15, 0.2) is 11.6 Å². The number of Topliss-reactive ketones (excluding diaryl/α,β-unsaturated/α-hetero) is 1. The third-order valence-corrected chi connectivity index (χ3v) is 9.07. The maximum atomic E-state index is 13.1. The van der Waals surface area contributed by atoms with E-state index < -0.39 is 28.8 Å². The smallest absolute Gasteiger partial charge is 0.190 e. The largest absolute Gasteiger partial charge is 0.388 e. The van der Waals surface area contributed by atoms with Gasteiger partial charge in [-0.15, -0.1) is 0 Å². The Balaban J connectivity index is 1.64. The first-order valence-corrected chi connectivity index (χ1v) is 11.3. The minimum absolute atomic E-state index is 0.0651. The van der Waals surface area contributed by atoms with E-state index in [0.29, 0.717) is 12.8 Å². The average molecular weight is 419 g/mol. The van der Waals surface area contributed by atoms with Crippen LogP contribution in [-0.2, 0) is 9.59 Å². The molecule has 1 aromatic rings. The maximum Gasteiger partial charge on any atom is 0.190 e. The van der Waals surface area contributed by atoms with E-state index in [-0.39, 0.29) is 23.5 Å². The number of fused-ring (bicyclic) bond motifs is 5. The molecule has 1 aromatic carbocycles. The molecule has 0 heterocycles. The minimum atomic E-state index is -1.64. The fourth-order valence-electron chi connectivity index (χ4n) is 7.31.